The molecular weight excluding hydrogens is 2120 g/mol. The summed E-state index contributed by atoms with van der Waals surface area (Å²) in [6.45, 7) is 15.2. The molecule has 7 N–H and O–H groups in total. The number of nitrogens with one attached hydrogen (secondary N) is 3. The molecule has 0 bridgehead atoms. The number of benzene rings is 10. The van der Waals surface area contributed by atoms with E-state index in [0.29, 0.717) is 74.8 Å². The van der Waals surface area contributed by atoms with Crippen molar-refractivity contribution >= 4 is 163 Å². The molecule has 14 aromatic rings. The van der Waals surface area contributed by atoms with E-state index in [1.807, 2.05) is 146 Å². The molecule has 18 rings (SSSR count). The molecule has 0 spiro atoms. The number of aromatic carboxylic acids is 1. The standard InChI is InChI=1S/C29H25FN2O4S.C28H23FN2O4S.C23H27BO4.C12H10FIN2O2S.C7H7FO.C5H4INO2S.CH4.Li.H2O/c1-18-25(31-28(34)36-17-19-4-3-5-24(30)16-19)26(37-32-18)22-8-6-20(7-9-22)21-10-12-23(13-11-21)29(14-15-29)27(33)35-2;1-17-24(30-27(34)35-16-18-3-2-4-23(29)15-18)25(36-31-17)21-7-5-19(6-8-21)20-9-11-22(12-10-20)28(13-14-28)26(32)33;1-21(2)22(3,4)28-24(27-21)19-12-8-17(9-13-19)16-6-10-18(11-7-16)23(14-15-23)20(25)26-5;1-7-10(11(14)19-16-7)15-12(17)18-6-8-3-2-4-9(13)5-8;8-7-3-1-2-6(4-7)5-9;1-2-3(5(8)9)4(6)10-7-2;;;/h3-13,16H,14-15,17H2,1-2H3,(H,31,34);2-12,15H,13-14,16H2,1H3,(H,30,34)(H,32,33);6-13H,14-15H2,1-5H3;2-5H,6H2,1H3,(H,15,17);1-4,9H,5H2;1H3,(H,8,9);1H4;;1H2/q;;;;;;;+1;/p-1. The number of anilines is 3. The summed E-state index contributed by atoms with van der Waals surface area (Å²) in [5.74, 6) is -3.39. The largest absolute Gasteiger partial charge is 1.00 e. The van der Waals surface area contributed by atoms with Gasteiger partial charge >= 0.3 is 68.1 Å². The van der Waals surface area contributed by atoms with Crippen LogP contribution in [0.4, 0.5) is 49.0 Å². The average Bonchev–Trinajstić information content (AvgIpc) is 1.60. The van der Waals surface area contributed by atoms with Gasteiger partial charge in [0.2, 0.25) is 0 Å². The number of methoxy groups -OCH3 is 2. The number of hydrogen-bond acceptors (Lipinski definition) is 24. The molecule has 734 valence electrons. The maximum absolute atomic E-state index is 13.4. The van der Waals surface area contributed by atoms with Crippen molar-refractivity contribution in [2.75, 3.05) is 30.2 Å². The molecule has 4 fully saturated rings. The Hall–Kier alpha value is -11.9. The average molecular weight is 2220 g/mol. The summed E-state index contributed by atoms with van der Waals surface area (Å²) >= 11 is 9.16. The topological polar surface area (TPSA) is 362 Å². The molecule has 37 heteroatoms. The van der Waals surface area contributed by atoms with E-state index in [1.54, 1.807) is 62.4 Å². The van der Waals surface area contributed by atoms with E-state index >= 15 is 0 Å². The van der Waals surface area contributed by atoms with Gasteiger partial charge in [0.25, 0.3) is 0 Å². The fourth-order valence-electron chi connectivity index (χ4n) is 14.9. The molecule has 4 aromatic heterocycles. The van der Waals surface area contributed by atoms with Crippen LogP contribution in [-0.2, 0) is 90.0 Å². The monoisotopic (exact) mass is 2220 g/mol. The van der Waals surface area contributed by atoms with Crippen LogP contribution in [0.3, 0.4) is 0 Å². The van der Waals surface area contributed by atoms with E-state index in [9.17, 15) is 56.2 Å². The fraction of sp³-hybridized carbons (Fsp3) is 0.248. The molecule has 3 saturated carbocycles. The van der Waals surface area contributed by atoms with Crippen LogP contribution in [0.25, 0.3) is 54.3 Å². The van der Waals surface area contributed by atoms with E-state index in [4.69, 9.17) is 43.2 Å². The molecule has 142 heavy (non-hydrogen) atoms. The number of halogens is 6. The predicted octanol–water partition coefficient (Wildman–Crippen LogP) is 22.0. The quantitative estimate of drug-likeness (QED) is 0.0114. The summed E-state index contributed by atoms with van der Waals surface area (Å²) in [7, 11) is 2.54. The Morgan fingerprint density at radius 2 is 0.683 bits per heavy atom. The van der Waals surface area contributed by atoms with Crippen LogP contribution in [0.5, 0.6) is 0 Å². The summed E-state index contributed by atoms with van der Waals surface area (Å²) in [6, 6.07) is 71.8. The van der Waals surface area contributed by atoms with Crippen molar-refractivity contribution in [3.8, 4) is 54.3 Å². The molecular formula is C105H101BF4I2LiN7O18S4. The van der Waals surface area contributed by atoms with Gasteiger partial charge in [0, 0.05) is 0 Å². The van der Waals surface area contributed by atoms with E-state index in [1.165, 1.54) is 109 Å². The number of aromatic nitrogens is 4. The number of esters is 2. The zero-order valence-electron chi connectivity index (χ0n) is 78.4. The van der Waals surface area contributed by atoms with Crippen LogP contribution in [-0.4, -0.2) is 113 Å². The second-order valence-electron chi connectivity index (χ2n) is 34.0. The third kappa shape index (κ3) is 28.2. The van der Waals surface area contributed by atoms with E-state index in [-0.39, 0.29) is 112 Å². The number of aliphatic hydroxyl groups excluding tert-OH is 1. The number of carboxylic acids is 2. The van der Waals surface area contributed by atoms with Crippen LogP contribution in [0.2, 0.25) is 0 Å². The summed E-state index contributed by atoms with van der Waals surface area (Å²) in [6.07, 6.45) is 2.86. The minimum Gasteiger partial charge on any atom is -0.870 e. The Morgan fingerprint density at radius 3 is 0.958 bits per heavy atom. The zero-order valence-corrected chi connectivity index (χ0v) is 86.0. The Kier molecular flexibility index (Phi) is 39.4. The first-order chi connectivity index (χ1) is 66.4. The van der Waals surface area contributed by atoms with E-state index < -0.39 is 46.5 Å². The minimum absolute atomic E-state index is 0. The number of carbonyl (C=O) groups is 7. The molecule has 25 nitrogen and oxygen atoms in total. The number of ether oxygens (including phenoxy) is 5. The predicted molar refractivity (Wildman–Crippen MR) is 555 cm³/mol. The molecule has 0 radical (unpaired) electrons. The first-order valence-electron chi connectivity index (χ1n) is 43.6. The van der Waals surface area contributed by atoms with Gasteiger partial charge in [0.05, 0.1) is 97.9 Å². The number of aryl methyl sites for hydroxylation is 4. The molecule has 1 aliphatic heterocycles. The van der Waals surface area contributed by atoms with Crippen molar-refractivity contribution in [3.63, 3.8) is 0 Å². The SMILES string of the molecule is C.COC(=O)C1(c2ccc(-c3ccc(-c4snc(C)c4NC(=O)OCc4cccc(F)c4)cc3)cc2)CC1.COC(=O)C1(c2ccc(-c3ccc(B4OC(C)(C)C(C)(C)O4)cc3)cc2)CC1.Cc1nsc(-c2ccc(-c3ccc(C4(C(=O)O)CC4)cc3)cc2)c1NC(=O)OCc1cccc(F)c1.Cc1nsc(I)c1C(=O)O.Cc1nsc(I)c1NC(=O)OCc1cccc(F)c1.OCc1cccc(F)c1.[Li+].[OH-]. The van der Waals surface area contributed by atoms with Gasteiger partial charge in [0.1, 0.15) is 54.4 Å². The van der Waals surface area contributed by atoms with Crippen LogP contribution < -0.4 is 40.3 Å². The van der Waals surface area contributed by atoms with Crippen LogP contribution in [0.1, 0.15) is 146 Å². The summed E-state index contributed by atoms with van der Waals surface area (Å²) in [5.41, 5.74) is 16.9. The summed E-state index contributed by atoms with van der Waals surface area (Å²) in [4.78, 5) is 84.3. The van der Waals surface area contributed by atoms with Crippen LogP contribution in [0.15, 0.2) is 243 Å². The van der Waals surface area contributed by atoms with E-state index in [0.717, 1.165) is 114 Å². The van der Waals surface area contributed by atoms with Gasteiger partial charge < -0.3 is 53.8 Å². The van der Waals surface area contributed by atoms with Crippen molar-refractivity contribution in [1.82, 2.24) is 17.5 Å². The van der Waals surface area contributed by atoms with Gasteiger partial charge in [0.15, 0.2) is 0 Å². The maximum Gasteiger partial charge on any atom is 1.00 e. The third-order valence-corrected chi connectivity index (χ3v) is 29.7. The Labute approximate surface area is 875 Å². The fourth-order valence-corrected chi connectivity index (χ4v) is 19.5. The summed E-state index contributed by atoms with van der Waals surface area (Å²) in [5, 5.41) is 34.8. The van der Waals surface area contributed by atoms with Crippen molar-refractivity contribution in [2.45, 2.75) is 155 Å². The summed E-state index contributed by atoms with van der Waals surface area (Å²) < 4.78 is 108. The molecule has 3 aliphatic carbocycles. The van der Waals surface area contributed by atoms with E-state index in [2.05, 4.69) is 120 Å². The van der Waals surface area contributed by atoms with Crippen LogP contribution in [0, 0.1) is 56.7 Å². The van der Waals surface area contributed by atoms with Gasteiger partial charge in [-0.3, -0.25) is 30.3 Å². The number of aliphatic carboxylic acids is 1. The smallest absolute Gasteiger partial charge is 0.870 e. The third-order valence-electron chi connectivity index (χ3n) is 24.0. The van der Waals surface area contributed by atoms with Crippen molar-refractivity contribution in [1.29, 1.82) is 0 Å². The normalized spacial score (nSPS) is 13.9. The molecule has 10 aromatic carbocycles. The Balaban J connectivity index is 0.000000185. The second kappa shape index (κ2) is 49.9. The van der Waals surface area contributed by atoms with Crippen molar-refractivity contribution < 1.29 is 124 Å². The number of hydrogen-bond donors (Lipinski definition) is 6. The Bertz CT molecular complexity index is 6700. The Morgan fingerprint density at radius 1 is 0.401 bits per heavy atom. The molecule has 3 amide bonds. The zero-order chi connectivity index (χ0) is 99.7. The number of carboxylic acid groups (broad SMARTS) is 2. The van der Waals surface area contributed by atoms with Gasteiger partial charge in [-0.25, -0.2) is 36.7 Å². The van der Waals surface area contributed by atoms with Gasteiger partial charge in [-0.15, -0.1) is 0 Å². The first-order valence-corrected chi connectivity index (χ1v) is 48.9. The molecule has 4 aliphatic rings. The number of nitrogens with zero attached hydrogens (tertiary/aromatic N) is 4. The number of carbonyl (C=O) groups excluding carboxylic acids is 5. The second-order valence-corrected chi connectivity index (χ2v) is 40.7. The minimum atomic E-state index is -0.893. The molecule has 5 heterocycles. The maximum atomic E-state index is 13.4. The first kappa shape index (κ1) is 112. The van der Waals surface area contributed by atoms with Gasteiger partial charge in [-0.05, 0) is 323 Å². The number of amides is 3. The molecule has 1 saturated heterocycles. The molecule has 0 unspecified atom stereocenters. The van der Waals surface area contributed by atoms with Gasteiger partial charge in [-0.1, -0.05) is 202 Å². The molecule has 0 atom stereocenters. The van der Waals surface area contributed by atoms with Crippen LogP contribution >= 0.6 is 91.3 Å². The van der Waals surface area contributed by atoms with Crippen molar-refractivity contribution in [2.24, 2.45) is 0 Å². The number of aliphatic hydroxyl groups is 1. The van der Waals surface area contributed by atoms with Crippen molar-refractivity contribution in [3.05, 3.63) is 339 Å². The van der Waals surface area contributed by atoms with Gasteiger partial charge in [-0.2, -0.15) is 17.5 Å². The number of rotatable bonds is 23.